The molecule has 168 valence electrons. The first-order chi connectivity index (χ1) is 14.4. The van der Waals surface area contributed by atoms with Gasteiger partial charge in [0.2, 0.25) is 5.91 Å². The summed E-state index contributed by atoms with van der Waals surface area (Å²) >= 11 is 0. The fourth-order valence-electron chi connectivity index (χ4n) is 3.21. The number of piperidine rings is 1. The minimum atomic E-state index is -0.613. The fraction of sp³-hybridized carbons (Fsp3) is 0.667. The maximum atomic E-state index is 12.1. The number of guanidine groups is 1. The smallest absolute Gasteiger partial charge is 0.409 e. The molecule has 1 fully saturated rings. The van der Waals surface area contributed by atoms with Crippen LogP contribution in [0.2, 0.25) is 0 Å². The van der Waals surface area contributed by atoms with Gasteiger partial charge in [-0.15, -0.1) is 0 Å². The molecule has 9 nitrogen and oxygen atoms in total. The molecule has 1 aliphatic heterocycles. The lowest BCUT2D eigenvalue weighted by Crippen LogP contribution is -2.50. The monoisotopic (exact) mass is 421 g/mol. The largest absolute Gasteiger partial charge is 0.469 e. The van der Waals surface area contributed by atoms with Gasteiger partial charge in [-0.1, -0.05) is 0 Å². The maximum Gasteiger partial charge on any atom is 0.409 e. The Hall–Kier alpha value is -2.71. The highest BCUT2D eigenvalue weighted by Crippen LogP contribution is 2.16. The summed E-state index contributed by atoms with van der Waals surface area (Å²) in [5, 5.41) is 9.47. The van der Waals surface area contributed by atoms with Gasteiger partial charge < -0.3 is 30.0 Å². The van der Waals surface area contributed by atoms with Crippen molar-refractivity contribution in [2.45, 2.75) is 46.1 Å². The van der Waals surface area contributed by atoms with Gasteiger partial charge in [0.15, 0.2) is 5.96 Å². The van der Waals surface area contributed by atoms with Crippen molar-refractivity contribution in [2.75, 3.05) is 39.8 Å². The van der Waals surface area contributed by atoms with Crippen LogP contribution >= 0.6 is 0 Å². The normalized spacial score (nSPS) is 15.6. The molecule has 0 unspecified atom stereocenters. The molecule has 0 saturated carbocycles. The molecule has 0 aliphatic carbocycles. The lowest BCUT2D eigenvalue weighted by atomic mass is 9.93. The molecule has 0 aromatic carbocycles. The van der Waals surface area contributed by atoms with Crippen molar-refractivity contribution in [1.29, 1.82) is 0 Å². The van der Waals surface area contributed by atoms with Gasteiger partial charge in [0.25, 0.3) is 0 Å². The molecule has 0 radical (unpaired) electrons. The third-order valence-electron chi connectivity index (χ3n) is 5.08. The number of hydrogen-bond acceptors (Lipinski definition) is 5. The summed E-state index contributed by atoms with van der Waals surface area (Å²) in [6.07, 6.45) is 3.74. The van der Waals surface area contributed by atoms with Crippen LogP contribution in [0.4, 0.5) is 4.79 Å². The van der Waals surface area contributed by atoms with Gasteiger partial charge in [0.1, 0.15) is 5.76 Å². The van der Waals surface area contributed by atoms with Gasteiger partial charge in [-0.2, -0.15) is 0 Å². The molecule has 0 atom stereocenters. The second kappa shape index (κ2) is 11.5. The summed E-state index contributed by atoms with van der Waals surface area (Å²) in [5.41, 5.74) is -0.613. The zero-order valence-corrected chi connectivity index (χ0v) is 18.5. The number of hydrogen-bond donors (Lipinski definition) is 3. The number of amides is 2. The van der Waals surface area contributed by atoms with Gasteiger partial charge in [-0.25, -0.2) is 4.79 Å². The van der Waals surface area contributed by atoms with Crippen LogP contribution in [0.5, 0.6) is 0 Å². The van der Waals surface area contributed by atoms with E-state index in [1.807, 2.05) is 32.9 Å². The van der Waals surface area contributed by atoms with E-state index >= 15 is 0 Å². The van der Waals surface area contributed by atoms with E-state index in [1.54, 1.807) is 18.2 Å². The Morgan fingerprint density at radius 3 is 2.67 bits per heavy atom. The topological polar surface area (TPSA) is 108 Å². The van der Waals surface area contributed by atoms with E-state index in [2.05, 4.69) is 20.9 Å². The predicted molar refractivity (Wildman–Crippen MR) is 115 cm³/mol. The molecular formula is C21H35N5O4. The van der Waals surface area contributed by atoms with Crippen molar-refractivity contribution < 1.29 is 18.7 Å². The van der Waals surface area contributed by atoms with Gasteiger partial charge in [-0.05, 0) is 45.7 Å². The summed E-state index contributed by atoms with van der Waals surface area (Å²) < 4.78 is 10.5. The van der Waals surface area contributed by atoms with Crippen molar-refractivity contribution in [3.63, 3.8) is 0 Å². The first-order valence-electron chi connectivity index (χ1n) is 10.6. The van der Waals surface area contributed by atoms with E-state index in [9.17, 15) is 9.59 Å². The van der Waals surface area contributed by atoms with Crippen molar-refractivity contribution in [3.05, 3.63) is 24.2 Å². The van der Waals surface area contributed by atoms with E-state index in [4.69, 9.17) is 9.15 Å². The Kier molecular flexibility index (Phi) is 9.01. The number of aliphatic imine (C=N–C) groups is 1. The molecule has 2 rings (SSSR count). The van der Waals surface area contributed by atoms with Crippen molar-refractivity contribution in [2.24, 2.45) is 10.4 Å². The van der Waals surface area contributed by atoms with Crippen LogP contribution in [0.1, 0.15) is 39.4 Å². The van der Waals surface area contributed by atoms with Gasteiger partial charge >= 0.3 is 6.09 Å². The van der Waals surface area contributed by atoms with Crippen LogP contribution < -0.4 is 16.0 Å². The number of carbonyl (C=O) groups is 2. The minimum Gasteiger partial charge on any atom is -0.469 e. The number of likely N-dealkylation sites (tertiary alicyclic amines) is 1. The molecule has 0 bridgehead atoms. The van der Waals surface area contributed by atoms with E-state index < -0.39 is 5.41 Å². The minimum absolute atomic E-state index is 0.0519. The standard InChI is InChI=1S/C21H35N5O4/c1-5-29-20(28)26-12-9-16(10-13-26)25-19(23-11-8-17-7-6-14-30-17)24-15-21(2,3)18(27)22-4/h6-7,14,16H,5,8-13,15H2,1-4H3,(H,22,27)(H2,23,24,25). The van der Waals surface area contributed by atoms with E-state index in [-0.39, 0.29) is 18.0 Å². The number of rotatable bonds is 8. The van der Waals surface area contributed by atoms with E-state index in [0.717, 1.165) is 25.0 Å². The third-order valence-corrected chi connectivity index (χ3v) is 5.08. The van der Waals surface area contributed by atoms with Crippen LogP contribution in [-0.4, -0.2) is 68.7 Å². The molecule has 0 spiro atoms. The zero-order valence-electron chi connectivity index (χ0n) is 18.5. The summed E-state index contributed by atoms with van der Waals surface area (Å²) in [6.45, 7) is 8.21. The molecule has 1 aliphatic rings. The molecular weight excluding hydrogens is 386 g/mol. The number of nitrogens with zero attached hydrogens (tertiary/aromatic N) is 2. The van der Waals surface area contributed by atoms with Gasteiger partial charge in [0.05, 0.1) is 24.8 Å². The summed E-state index contributed by atoms with van der Waals surface area (Å²) in [7, 11) is 1.63. The van der Waals surface area contributed by atoms with Crippen LogP contribution in [0.15, 0.2) is 27.8 Å². The number of nitrogens with one attached hydrogen (secondary N) is 3. The summed E-state index contributed by atoms with van der Waals surface area (Å²) in [5.74, 6) is 1.51. The Labute approximate surface area is 178 Å². The third kappa shape index (κ3) is 7.27. The van der Waals surface area contributed by atoms with Crippen LogP contribution in [0.3, 0.4) is 0 Å². The summed E-state index contributed by atoms with van der Waals surface area (Å²) in [4.78, 5) is 30.4. The first-order valence-corrected chi connectivity index (χ1v) is 10.6. The van der Waals surface area contributed by atoms with E-state index in [1.165, 1.54) is 0 Å². The number of carbonyl (C=O) groups excluding carboxylic acids is 2. The average Bonchev–Trinajstić information content (AvgIpc) is 3.25. The molecule has 30 heavy (non-hydrogen) atoms. The Morgan fingerprint density at radius 2 is 2.07 bits per heavy atom. The lowest BCUT2D eigenvalue weighted by Gasteiger charge is -2.32. The maximum absolute atomic E-state index is 12.1. The molecule has 2 heterocycles. The number of ether oxygens (including phenoxy) is 1. The van der Waals surface area contributed by atoms with Crippen molar-refractivity contribution in [1.82, 2.24) is 20.9 Å². The van der Waals surface area contributed by atoms with Crippen LogP contribution in [0, 0.1) is 5.41 Å². The predicted octanol–water partition coefficient (Wildman–Crippen LogP) is 1.75. The highest BCUT2D eigenvalue weighted by molar-refractivity contribution is 5.83. The first kappa shape index (κ1) is 23.6. The molecule has 9 heteroatoms. The van der Waals surface area contributed by atoms with Crippen LogP contribution in [-0.2, 0) is 16.0 Å². The SMILES string of the molecule is CCOC(=O)N1CCC(NC(=NCC(C)(C)C(=O)NC)NCCc2ccco2)CC1. The fourth-order valence-corrected chi connectivity index (χ4v) is 3.21. The van der Waals surface area contributed by atoms with Gasteiger partial charge in [0, 0.05) is 39.1 Å². The van der Waals surface area contributed by atoms with Crippen LogP contribution in [0.25, 0.3) is 0 Å². The Bertz CT molecular complexity index is 694. The van der Waals surface area contributed by atoms with Gasteiger partial charge in [-0.3, -0.25) is 9.79 Å². The lowest BCUT2D eigenvalue weighted by molar-refractivity contribution is -0.128. The number of furan rings is 1. The molecule has 3 N–H and O–H groups in total. The average molecular weight is 422 g/mol. The molecule has 1 aromatic heterocycles. The molecule has 1 aromatic rings. The molecule has 2 amide bonds. The Balaban J connectivity index is 1.94. The second-order valence-electron chi connectivity index (χ2n) is 7.99. The highest BCUT2D eigenvalue weighted by atomic mass is 16.6. The Morgan fingerprint density at radius 1 is 1.33 bits per heavy atom. The summed E-state index contributed by atoms with van der Waals surface area (Å²) in [6, 6.07) is 3.99. The van der Waals surface area contributed by atoms with E-state index in [0.29, 0.717) is 38.7 Å². The second-order valence-corrected chi connectivity index (χ2v) is 7.99. The quantitative estimate of drug-likeness (QED) is 0.436. The molecule has 1 saturated heterocycles. The zero-order chi connectivity index (χ0) is 22.0. The highest BCUT2D eigenvalue weighted by Gasteiger charge is 2.27. The van der Waals surface area contributed by atoms with Crippen molar-refractivity contribution in [3.8, 4) is 0 Å². The van der Waals surface area contributed by atoms with Crippen molar-refractivity contribution >= 4 is 18.0 Å².